The smallest absolute Gasteiger partial charge is 0.0541 e. The molecule has 0 bridgehead atoms. The lowest BCUT2D eigenvalue weighted by Gasteiger charge is -2.19. The highest BCUT2D eigenvalue weighted by atomic mass is 79.9. The molecule has 1 saturated heterocycles. The zero-order valence-corrected chi connectivity index (χ0v) is 13.6. The summed E-state index contributed by atoms with van der Waals surface area (Å²) in [5, 5.41) is 3.53. The Bertz CT molecular complexity index is 573. The molecule has 4 heteroatoms. The number of hydrogen-bond donors (Lipinski definition) is 1. The Morgan fingerprint density at radius 3 is 3.00 bits per heavy atom. The molecule has 110 valence electrons. The first-order valence-electron chi connectivity index (χ1n) is 7.42. The SMILES string of the molecule is Brc1cccc(N2CCC(CNCc3ccccn3)C2)c1. The summed E-state index contributed by atoms with van der Waals surface area (Å²) in [4.78, 5) is 6.81. The molecule has 0 radical (unpaired) electrons. The van der Waals surface area contributed by atoms with Gasteiger partial charge in [0, 0.05) is 42.5 Å². The lowest BCUT2D eigenvalue weighted by Crippen LogP contribution is -2.26. The molecular weight excluding hydrogens is 326 g/mol. The van der Waals surface area contributed by atoms with E-state index < -0.39 is 0 Å². The Labute approximate surface area is 134 Å². The number of benzene rings is 1. The predicted molar refractivity (Wildman–Crippen MR) is 90.4 cm³/mol. The zero-order valence-electron chi connectivity index (χ0n) is 12.0. The lowest BCUT2D eigenvalue weighted by molar-refractivity contribution is 0.514. The first-order chi connectivity index (χ1) is 10.3. The minimum Gasteiger partial charge on any atom is -0.371 e. The van der Waals surface area contributed by atoms with Crippen molar-refractivity contribution in [3.05, 3.63) is 58.8 Å². The summed E-state index contributed by atoms with van der Waals surface area (Å²) in [6, 6.07) is 14.6. The summed E-state index contributed by atoms with van der Waals surface area (Å²) in [6.07, 6.45) is 3.10. The first-order valence-corrected chi connectivity index (χ1v) is 8.22. The summed E-state index contributed by atoms with van der Waals surface area (Å²) in [5.74, 6) is 0.715. The van der Waals surface area contributed by atoms with E-state index in [0.29, 0.717) is 5.92 Å². The van der Waals surface area contributed by atoms with Crippen molar-refractivity contribution in [3.63, 3.8) is 0 Å². The molecule has 1 N–H and O–H groups in total. The number of pyridine rings is 1. The van der Waals surface area contributed by atoms with Crippen LogP contribution in [0.5, 0.6) is 0 Å². The van der Waals surface area contributed by atoms with Gasteiger partial charge in [-0.1, -0.05) is 28.1 Å². The monoisotopic (exact) mass is 345 g/mol. The van der Waals surface area contributed by atoms with Gasteiger partial charge in [-0.2, -0.15) is 0 Å². The van der Waals surface area contributed by atoms with Crippen LogP contribution in [-0.2, 0) is 6.54 Å². The van der Waals surface area contributed by atoms with Crippen LogP contribution >= 0.6 is 15.9 Å². The average Bonchev–Trinajstić information content (AvgIpc) is 2.97. The van der Waals surface area contributed by atoms with E-state index in [0.717, 1.165) is 36.3 Å². The van der Waals surface area contributed by atoms with E-state index in [9.17, 15) is 0 Å². The molecule has 2 aromatic rings. The van der Waals surface area contributed by atoms with Gasteiger partial charge in [-0.3, -0.25) is 4.98 Å². The maximum Gasteiger partial charge on any atom is 0.0541 e. The maximum absolute atomic E-state index is 4.34. The van der Waals surface area contributed by atoms with Crippen LogP contribution in [0.25, 0.3) is 0 Å². The molecule has 0 aliphatic carbocycles. The van der Waals surface area contributed by atoms with Crippen LogP contribution in [0.4, 0.5) is 5.69 Å². The van der Waals surface area contributed by atoms with Gasteiger partial charge in [-0.25, -0.2) is 0 Å². The topological polar surface area (TPSA) is 28.2 Å². The van der Waals surface area contributed by atoms with Crippen LogP contribution in [0.3, 0.4) is 0 Å². The number of halogens is 1. The van der Waals surface area contributed by atoms with Crippen molar-refractivity contribution < 1.29 is 0 Å². The summed E-state index contributed by atoms with van der Waals surface area (Å²) in [7, 11) is 0. The van der Waals surface area contributed by atoms with Crippen molar-refractivity contribution in [1.29, 1.82) is 0 Å². The van der Waals surface area contributed by atoms with Gasteiger partial charge in [0.1, 0.15) is 0 Å². The highest BCUT2D eigenvalue weighted by molar-refractivity contribution is 9.10. The fourth-order valence-corrected chi connectivity index (χ4v) is 3.20. The molecule has 1 aliphatic heterocycles. The standard InChI is InChI=1S/C17H20BrN3/c18-15-4-3-6-17(10-15)21-9-7-14(13-21)11-19-12-16-5-1-2-8-20-16/h1-6,8,10,14,19H,7,9,11-13H2. The van der Waals surface area contributed by atoms with Crippen LogP contribution in [0, 0.1) is 5.92 Å². The van der Waals surface area contributed by atoms with E-state index in [1.807, 2.05) is 18.3 Å². The maximum atomic E-state index is 4.34. The number of aromatic nitrogens is 1. The van der Waals surface area contributed by atoms with E-state index in [2.05, 4.69) is 61.5 Å². The van der Waals surface area contributed by atoms with Gasteiger partial charge >= 0.3 is 0 Å². The molecule has 3 nitrogen and oxygen atoms in total. The number of rotatable bonds is 5. The minimum absolute atomic E-state index is 0.715. The molecule has 21 heavy (non-hydrogen) atoms. The zero-order chi connectivity index (χ0) is 14.5. The van der Waals surface area contributed by atoms with Crippen LogP contribution in [0.15, 0.2) is 53.1 Å². The molecule has 0 amide bonds. The van der Waals surface area contributed by atoms with Crippen LogP contribution in [-0.4, -0.2) is 24.6 Å². The Morgan fingerprint density at radius 1 is 1.24 bits per heavy atom. The number of nitrogens with zero attached hydrogens (tertiary/aromatic N) is 2. The molecule has 0 saturated carbocycles. The second kappa shape index (κ2) is 7.05. The van der Waals surface area contributed by atoms with Gasteiger partial charge in [0.25, 0.3) is 0 Å². The Kier molecular flexibility index (Phi) is 4.88. The van der Waals surface area contributed by atoms with Crippen molar-refractivity contribution in [2.45, 2.75) is 13.0 Å². The van der Waals surface area contributed by atoms with Gasteiger partial charge in [-0.05, 0) is 42.7 Å². The van der Waals surface area contributed by atoms with Gasteiger partial charge in [0.15, 0.2) is 0 Å². The van der Waals surface area contributed by atoms with Crippen molar-refractivity contribution >= 4 is 21.6 Å². The molecule has 1 aromatic carbocycles. The second-order valence-corrected chi connectivity index (χ2v) is 6.45. The summed E-state index contributed by atoms with van der Waals surface area (Å²) < 4.78 is 1.15. The largest absolute Gasteiger partial charge is 0.371 e. The summed E-state index contributed by atoms with van der Waals surface area (Å²) in [5.41, 5.74) is 2.43. The number of hydrogen-bond acceptors (Lipinski definition) is 3. The third-order valence-electron chi connectivity index (χ3n) is 3.92. The third-order valence-corrected chi connectivity index (χ3v) is 4.42. The summed E-state index contributed by atoms with van der Waals surface area (Å²) in [6.45, 7) is 4.19. The van der Waals surface area contributed by atoms with Crippen molar-refractivity contribution in [1.82, 2.24) is 10.3 Å². The van der Waals surface area contributed by atoms with Crippen molar-refractivity contribution in [2.24, 2.45) is 5.92 Å². The predicted octanol–water partition coefficient (Wildman–Crippen LogP) is 3.46. The third kappa shape index (κ3) is 4.05. The summed E-state index contributed by atoms with van der Waals surface area (Å²) >= 11 is 3.55. The second-order valence-electron chi connectivity index (χ2n) is 5.53. The molecule has 3 rings (SSSR count). The fourth-order valence-electron chi connectivity index (χ4n) is 2.81. The van der Waals surface area contributed by atoms with E-state index in [4.69, 9.17) is 0 Å². The van der Waals surface area contributed by atoms with E-state index in [1.165, 1.54) is 12.1 Å². The Hall–Kier alpha value is -1.39. The highest BCUT2D eigenvalue weighted by Crippen LogP contribution is 2.25. The Morgan fingerprint density at radius 2 is 2.19 bits per heavy atom. The van der Waals surface area contributed by atoms with Crippen molar-refractivity contribution in [3.8, 4) is 0 Å². The Balaban J connectivity index is 1.47. The molecule has 1 aliphatic rings. The molecule has 1 fully saturated rings. The molecule has 1 aromatic heterocycles. The van der Waals surface area contributed by atoms with Crippen molar-refractivity contribution in [2.75, 3.05) is 24.5 Å². The van der Waals surface area contributed by atoms with Crippen LogP contribution in [0.2, 0.25) is 0 Å². The first kappa shape index (κ1) is 14.5. The van der Waals surface area contributed by atoms with Gasteiger partial charge in [-0.15, -0.1) is 0 Å². The van der Waals surface area contributed by atoms with Gasteiger partial charge in [0.05, 0.1) is 5.69 Å². The van der Waals surface area contributed by atoms with E-state index in [1.54, 1.807) is 0 Å². The quantitative estimate of drug-likeness (QED) is 0.899. The average molecular weight is 346 g/mol. The van der Waals surface area contributed by atoms with Crippen LogP contribution in [0.1, 0.15) is 12.1 Å². The fraction of sp³-hybridized carbons (Fsp3) is 0.353. The lowest BCUT2D eigenvalue weighted by atomic mass is 10.1. The van der Waals surface area contributed by atoms with E-state index >= 15 is 0 Å². The molecule has 2 heterocycles. The molecular formula is C17H20BrN3. The molecule has 1 unspecified atom stereocenters. The molecule has 0 spiro atoms. The van der Waals surface area contributed by atoms with E-state index in [-0.39, 0.29) is 0 Å². The molecule has 1 atom stereocenters. The highest BCUT2D eigenvalue weighted by Gasteiger charge is 2.22. The normalized spacial score (nSPS) is 18.1. The van der Waals surface area contributed by atoms with Crippen LogP contribution < -0.4 is 10.2 Å². The number of anilines is 1. The van der Waals surface area contributed by atoms with Gasteiger partial charge in [0.2, 0.25) is 0 Å². The van der Waals surface area contributed by atoms with Gasteiger partial charge < -0.3 is 10.2 Å². The minimum atomic E-state index is 0.715. The number of nitrogens with one attached hydrogen (secondary N) is 1.